The smallest absolute Gasteiger partial charge is 0.202 e. The number of Topliss-reactive ketones (excluding diaryl/α,β-unsaturated/α-hetero) is 1. The molecular formula is C13H12O3S. The number of hydrogen-bond acceptors (Lipinski definition) is 3. The average molecular weight is 248 g/mol. The molecule has 1 aliphatic rings. The number of ketones is 2. The van der Waals surface area contributed by atoms with Gasteiger partial charge in [0.05, 0.1) is 15.7 Å². The van der Waals surface area contributed by atoms with Crippen LogP contribution in [0.1, 0.15) is 34.6 Å². The molecule has 1 unspecified atom stereocenters. The molecular weight excluding hydrogens is 236 g/mol. The van der Waals surface area contributed by atoms with Crippen LogP contribution in [0.15, 0.2) is 35.2 Å². The summed E-state index contributed by atoms with van der Waals surface area (Å²) in [6, 6.07) is 6.62. The van der Waals surface area contributed by atoms with Crippen molar-refractivity contribution < 1.29 is 13.8 Å². The van der Waals surface area contributed by atoms with Crippen molar-refractivity contribution in [3.63, 3.8) is 0 Å². The molecule has 0 fully saturated rings. The van der Waals surface area contributed by atoms with Crippen molar-refractivity contribution in [2.75, 3.05) is 0 Å². The van der Waals surface area contributed by atoms with Gasteiger partial charge in [-0.1, -0.05) is 38.1 Å². The van der Waals surface area contributed by atoms with Gasteiger partial charge in [-0.2, -0.15) is 0 Å². The van der Waals surface area contributed by atoms with Crippen LogP contribution in [0, 0.1) is 0 Å². The molecule has 1 aliphatic carbocycles. The van der Waals surface area contributed by atoms with Crippen molar-refractivity contribution in [2.45, 2.75) is 19.1 Å². The third kappa shape index (κ3) is 2.00. The van der Waals surface area contributed by atoms with Gasteiger partial charge in [0.1, 0.15) is 0 Å². The largest absolute Gasteiger partial charge is 0.289 e. The summed E-state index contributed by atoms with van der Waals surface area (Å²) in [4.78, 5) is 24.0. The van der Waals surface area contributed by atoms with E-state index in [2.05, 4.69) is 0 Å². The van der Waals surface area contributed by atoms with Crippen LogP contribution in [0.4, 0.5) is 0 Å². The summed E-state index contributed by atoms with van der Waals surface area (Å²) in [5, 5.41) is -0.178. The van der Waals surface area contributed by atoms with E-state index in [9.17, 15) is 13.8 Å². The number of hydrogen-bond donors (Lipinski definition) is 0. The first kappa shape index (κ1) is 11.9. The lowest BCUT2D eigenvalue weighted by molar-refractivity contribution is 0.0990. The Bertz CT molecular complexity index is 556. The molecule has 0 spiro atoms. The van der Waals surface area contributed by atoms with Gasteiger partial charge in [-0.3, -0.25) is 13.8 Å². The summed E-state index contributed by atoms with van der Waals surface area (Å²) in [5.41, 5.74) is 0.742. The summed E-state index contributed by atoms with van der Waals surface area (Å²) >= 11 is 0. The Balaban J connectivity index is 2.53. The fraction of sp³-hybridized carbons (Fsp3) is 0.231. The van der Waals surface area contributed by atoms with Gasteiger partial charge >= 0.3 is 0 Å². The zero-order chi connectivity index (χ0) is 12.6. The molecule has 0 radical (unpaired) electrons. The summed E-state index contributed by atoms with van der Waals surface area (Å²) in [6.45, 7) is 3.52. The van der Waals surface area contributed by atoms with E-state index in [0.29, 0.717) is 11.1 Å². The van der Waals surface area contributed by atoms with Gasteiger partial charge < -0.3 is 0 Å². The Kier molecular flexibility index (Phi) is 3.07. The zero-order valence-corrected chi connectivity index (χ0v) is 10.4. The Morgan fingerprint density at radius 3 is 2.24 bits per heavy atom. The van der Waals surface area contributed by atoms with Gasteiger partial charge in [0.25, 0.3) is 0 Å². The molecule has 1 atom stereocenters. The number of fused-ring (bicyclic) bond motifs is 1. The number of allylic oxidation sites excluding steroid dienone is 2. The predicted molar refractivity (Wildman–Crippen MR) is 66.5 cm³/mol. The summed E-state index contributed by atoms with van der Waals surface area (Å²) in [7, 11) is -1.43. The Labute approximate surface area is 102 Å². The highest BCUT2D eigenvalue weighted by Gasteiger charge is 2.29. The maximum atomic E-state index is 12.1. The normalized spacial score (nSPS) is 16.8. The molecule has 1 aromatic carbocycles. The van der Waals surface area contributed by atoms with Gasteiger partial charge in [-0.15, -0.1) is 0 Å². The van der Waals surface area contributed by atoms with E-state index in [-0.39, 0.29) is 21.7 Å². The highest BCUT2D eigenvalue weighted by atomic mass is 32.2. The van der Waals surface area contributed by atoms with E-state index >= 15 is 0 Å². The van der Waals surface area contributed by atoms with Crippen molar-refractivity contribution in [3.8, 4) is 0 Å². The zero-order valence-electron chi connectivity index (χ0n) is 9.60. The van der Waals surface area contributed by atoms with Crippen molar-refractivity contribution in [3.05, 3.63) is 46.4 Å². The van der Waals surface area contributed by atoms with E-state index in [1.54, 1.807) is 38.1 Å². The lowest BCUT2D eigenvalue weighted by Crippen LogP contribution is -2.22. The third-order valence-electron chi connectivity index (χ3n) is 2.57. The van der Waals surface area contributed by atoms with Gasteiger partial charge in [0.15, 0.2) is 5.78 Å². The molecule has 17 heavy (non-hydrogen) atoms. The van der Waals surface area contributed by atoms with Gasteiger partial charge in [-0.25, -0.2) is 0 Å². The second-order valence-corrected chi connectivity index (χ2v) is 6.07. The van der Waals surface area contributed by atoms with Crippen LogP contribution in [0.25, 0.3) is 0 Å². The van der Waals surface area contributed by atoms with E-state index in [4.69, 9.17) is 0 Å². The minimum absolute atomic E-state index is 0.115. The second kappa shape index (κ2) is 4.37. The number of rotatable bonds is 2. The molecule has 0 saturated carbocycles. The molecule has 3 nitrogen and oxygen atoms in total. The first-order valence-corrected chi connectivity index (χ1v) is 6.54. The fourth-order valence-electron chi connectivity index (χ4n) is 1.69. The van der Waals surface area contributed by atoms with Crippen LogP contribution in [0.2, 0.25) is 0 Å². The highest BCUT2D eigenvalue weighted by Crippen LogP contribution is 2.24. The highest BCUT2D eigenvalue weighted by molar-refractivity contribution is 7.90. The molecule has 0 aliphatic heterocycles. The van der Waals surface area contributed by atoms with Crippen molar-refractivity contribution in [2.24, 2.45) is 0 Å². The van der Waals surface area contributed by atoms with Gasteiger partial charge in [-0.05, 0) is 0 Å². The monoisotopic (exact) mass is 248 g/mol. The molecule has 88 valence electrons. The van der Waals surface area contributed by atoms with Crippen LogP contribution in [-0.2, 0) is 10.8 Å². The number of carbonyl (C=O) groups excluding carboxylic acids is 2. The Morgan fingerprint density at radius 1 is 1.06 bits per heavy atom. The van der Waals surface area contributed by atoms with E-state index in [1.807, 2.05) is 0 Å². The average Bonchev–Trinajstić information content (AvgIpc) is 2.33. The topological polar surface area (TPSA) is 51.2 Å². The van der Waals surface area contributed by atoms with Crippen LogP contribution in [0.5, 0.6) is 0 Å². The molecule has 0 saturated heterocycles. The first-order chi connectivity index (χ1) is 8.02. The first-order valence-electron chi connectivity index (χ1n) is 5.32. The molecule has 0 N–H and O–H groups in total. The fourth-order valence-corrected chi connectivity index (χ4v) is 2.72. The number of benzene rings is 1. The van der Waals surface area contributed by atoms with E-state index in [1.165, 1.54) is 6.08 Å². The molecule has 0 bridgehead atoms. The Hall–Kier alpha value is -1.55. The summed E-state index contributed by atoms with van der Waals surface area (Å²) in [5.74, 6) is -0.545. The molecule has 4 heteroatoms. The predicted octanol–water partition coefficient (Wildman–Crippen LogP) is 2.11. The maximum Gasteiger partial charge on any atom is 0.202 e. The molecule has 0 aromatic heterocycles. The minimum Gasteiger partial charge on any atom is -0.289 e. The maximum absolute atomic E-state index is 12.1. The molecule has 0 heterocycles. The van der Waals surface area contributed by atoms with Crippen LogP contribution in [-0.4, -0.2) is 21.0 Å². The van der Waals surface area contributed by atoms with Crippen LogP contribution in [0.3, 0.4) is 0 Å². The lowest BCUT2D eigenvalue weighted by Gasteiger charge is -2.15. The summed E-state index contributed by atoms with van der Waals surface area (Å²) in [6.07, 6.45) is 1.21. The van der Waals surface area contributed by atoms with Crippen LogP contribution >= 0.6 is 0 Å². The minimum atomic E-state index is -1.43. The van der Waals surface area contributed by atoms with Crippen molar-refractivity contribution >= 4 is 22.4 Å². The third-order valence-corrected chi connectivity index (χ3v) is 4.16. The standard InChI is InChI=1S/C13H12O3S/c1-8(2)17(16)12-7-11(14)9-5-3-4-6-10(9)13(12)15/h3-8H,1-2H3. The molecule has 1 aromatic rings. The number of carbonyl (C=O) groups is 2. The Morgan fingerprint density at radius 2 is 1.65 bits per heavy atom. The molecule has 2 rings (SSSR count). The lowest BCUT2D eigenvalue weighted by atomic mass is 9.95. The van der Waals surface area contributed by atoms with Gasteiger partial charge in [0.2, 0.25) is 5.78 Å². The summed E-state index contributed by atoms with van der Waals surface area (Å²) < 4.78 is 11.9. The second-order valence-electron chi connectivity index (χ2n) is 4.09. The van der Waals surface area contributed by atoms with Crippen molar-refractivity contribution in [1.29, 1.82) is 0 Å². The van der Waals surface area contributed by atoms with Crippen molar-refractivity contribution in [1.82, 2.24) is 0 Å². The van der Waals surface area contributed by atoms with Gasteiger partial charge in [0, 0.05) is 22.5 Å². The quantitative estimate of drug-likeness (QED) is 0.805. The SMILES string of the molecule is CC(C)S(=O)C1=CC(=O)c2ccccc2C1=O. The van der Waals surface area contributed by atoms with Crippen LogP contribution < -0.4 is 0 Å². The van der Waals surface area contributed by atoms with E-state index in [0.717, 1.165) is 0 Å². The van der Waals surface area contributed by atoms with E-state index < -0.39 is 10.8 Å². The molecule has 0 amide bonds.